The van der Waals surface area contributed by atoms with E-state index in [0.29, 0.717) is 24.9 Å². The number of carbonyl (C=O) groups is 2. The van der Waals surface area contributed by atoms with Gasteiger partial charge in [-0.1, -0.05) is 12.1 Å². The maximum Gasteiger partial charge on any atom is 0.416 e. The van der Waals surface area contributed by atoms with Gasteiger partial charge in [0.1, 0.15) is 5.60 Å². The van der Waals surface area contributed by atoms with Crippen LogP contribution in [0, 0.1) is 5.92 Å². The van der Waals surface area contributed by atoms with E-state index in [2.05, 4.69) is 5.32 Å². The fraction of sp³-hybridized carbons (Fsp3) is 0.579. The molecule has 1 N–H and O–H groups in total. The molecule has 150 valence electrons. The first-order valence-electron chi connectivity index (χ1n) is 8.87. The van der Waals surface area contributed by atoms with Crippen LogP contribution in [0.15, 0.2) is 24.3 Å². The lowest BCUT2D eigenvalue weighted by atomic mass is 9.97. The lowest BCUT2D eigenvalue weighted by Gasteiger charge is -2.33. The standard InChI is InChI=1S/C19H25F3N2O3/c1-18(2,3)27-17(26)24-9-5-7-14(12-24)16(25)23-11-13-6-4-8-15(10-13)19(20,21)22/h4,6,8,10,14H,5,7,9,11-12H2,1-3H3,(H,23,25). The quantitative estimate of drug-likeness (QED) is 0.855. The van der Waals surface area contributed by atoms with E-state index in [1.807, 2.05) is 0 Å². The van der Waals surface area contributed by atoms with E-state index in [9.17, 15) is 22.8 Å². The van der Waals surface area contributed by atoms with Crippen LogP contribution in [0.4, 0.5) is 18.0 Å². The number of rotatable bonds is 3. The number of piperidine rings is 1. The van der Waals surface area contributed by atoms with Crippen molar-refractivity contribution in [3.05, 3.63) is 35.4 Å². The Hall–Kier alpha value is -2.25. The van der Waals surface area contributed by atoms with Crippen LogP contribution in [0.2, 0.25) is 0 Å². The Morgan fingerprint density at radius 3 is 2.59 bits per heavy atom. The van der Waals surface area contributed by atoms with E-state index in [-0.39, 0.29) is 19.0 Å². The number of alkyl halides is 3. The Kier molecular flexibility index (Phi) is 6.38. The van der Waals surface area contributed by atoms with Crippen molar-refractivity contribution in [3.8, 4) is 0 Å². The smallest absolute Gasteiger partial charge is 0.416 e. The maximum atomic E-state index is 12.8. The van der Waals surface area contributed by atoms with Gasteiger partial charge in [-0.3, -0.25) is 4.79 Å². The number of hydrogen-bond donors (Lipinski definition) is 1. The van der Waals surface area contributed by atoms with Crippen LogP contribution in [0.3, 0.4) is 0 Å². The van der Waals surface area contributed by atoms with Crippen LogP contribution in [0.5, 0.6) is 0 Å². The minimum Gasteiger partial charge on any atom is -0.444 e. The number of hydrogen-bond acceptors (Lipinski definition) is 3. The van der Waals surface area contributed by atoms with E-state index in [0.717, 1.165) is 12.1 Å². The van der Waals surface area contributed by atoms with Gasteiger partial charge in [-0.15, -0.1) is 0 Å². The molecule has 0 bridgehead atoms. The van der Waals surface area contributed by atoms with Crippen molar-refractivity contribution >= 4 is 12.0 Å². The molecule has 1 atom stereocenters. The molecule has 27 heavy (non-hydrogen) atoms. The maximum absolute atomic E-state index is 12.8. The van der Waals surface area contributed by atoms with E-state index >= 15 is 0 Å². The molecule has 1 aromatic rings. The van der Waals surface area contributed by atoms with Gasteiger partial charge in [0.15, 0.2) is 0 Å². The molecule has 0 saturated carbocycles. The van der Waals surface area contributed by atoms with Crippen molar-refractivity contribution in [1.29, 1.82) is 0 Å². The molecule has 2 amide bonds. The molecule has 1 unspecified atom stereocenters. The Balaban J connectivity index is 1.91. The average molecular weight is 386 g/mol. The first kappa shape index (κ1) is 21.1. The van der Waals surface area contributed by atoms with Gasteiger partial charge >= 0.3 is 12.3 Å². The van der Waals surface area contributed by atoms with Crippen LogP contribution in [-0.2, 0) is 22.3 Å². The fourth-order valence-electron chi connectivity index (χ4n) is 2.87. The normalized spacial score (nSPS) is 18.1. The molecule has 0 aliphatic carbocycles. The zero-order valence-corrected chi connectivity index (χ0v) is 15.7. The third-order valence-electron chi connectivity index (χ3n) is 4.16. The van der Waals surface area contributed by atoms with Gasteiger partial charge in [0.25, 0.3) is 0 Å². The van der Waals surface area contributed by atoms with Crippen LogP contribution in [0.1, 0.15) is 44.7 Å². The van der Waals surface area contributed by atoms with E-state index in [1.165, 1.54) is 17.0 Å². The number of ether oxygens (including phenoxy) is 1. The molecular weight excluding hydrogens is 361 g/mol. The van der Waals surface area contributed by atoms with Crippen molar-refractivity contribution in [1.82, 2.24) is 10.2 Å². The summed E-state index contributed by atoms with van der Waals surface area (Å²) >= 11 is 0. The first-order chi connectivity index (χ1) is 12.5. The summed E-state index contributed by atoms with van der Waals surface area (Å²) in [6.45, 7) is 6.08. The molecule has 0 aromatic heterocycles. The summed E-state index contributed by atoms with van der Waals surface area (Å²) in [7, 11) is 0. The molecule has 1 aromatic carbocycles. The number of amides is 2. The van der Waals surface area contributed by atoms with Crippen LogP contribution < -0.4 is 5.32 Å². The van der Waals surface area contributed by atoms with Gasteiger partial charge in [0.05, 0.1) is 11.5 Å². The fourth-order valence-corrected chi connectivity index (χ4v) is 2.87. The highest BCUT2D eigenvalue weighted by Crippen LogP contribution is 2.29. The first-order valence-corrected chi connectivity index (χ1v) is 8.87. The molecule has 1 fully saturated rings. The molecular formula is C19H25F3N2O3. The minimum atomic E-state index is -4.42. The highest BCUT2D eigenvalue weighted by Gasteiger charge is 2.32. The zero-order chi connectivity index (χ0) is 20.2. The second kappa shape index (κ2) is 8.19. The summed E-state index contributed by atoms with van der Waals surface area (Å²) in [5.74, 6) is -0.683. The summed E-state index contributed by atoms with van der Waals surface area (Å²) in [5.41, 5.74) is -0.989. The van der Waals surface area contributed by atoms with E-state index in [1.54, 1.807) is 20.8 Å². The summed E-state index contributed by atoms with van der Waals surface area (Å²) < 4.78 is 43.6. The lowest BCUT2D eigenvalue weighted by Crippen LogP contribution is -2.46. The predicted octanol–water partition coefficient (Wildman–Crippen LogP) is 3.97. The zero-order valence-electron chi connectivity index (χ0n) is 15.7. The summed E-state index contributed by atoms with van der Waals surface area (Å²) in [6, 6.07) is 4.86. The van der Waals surface area contributed by atoms with Crippen LogP contribution in [0.25, 0.3) is 0 Å². The number of nitrogens with one attached hydrogen (secondary N) is 1. The van der Waals surface area contributed by atoms with Crippen LogP contribution in [-0.4, -0.2) is 35.6 Å². The Labute approximate surface area is 156 Å². The van der Waals surface area contributed by atoms with Gasteiger partial charge < -0.3 is 15.0 Å². The Morgan fingerprint density at radius 1 is 1.26 bits per heavy atom. The topological polar surface area (TPSA) is 58.6 Å². The summed E-state index contributed by atoms with van der Waals surface area (Å²) in [4.78, 5) is 26.1. The highest BCUT2D eigenvalue weighted by atomic mass is 19.4. The molecule has 0 radical (unpaired) electrons. The van der Waals surface area contributed by atoms with Crippen molar-refractivity contribution < 1.29 is 27.5 Å². The van der Waals surface area contributed by atoms with Crippen molar-refractivity contribution in [2.24, 2.45) is 5.92 Å². The molecule has 1 heterocycles. The van der Waals surface area contributed by atoms with E-state index in [4.69, 9.17) is 4.74 Å². The lowest BCUT2D eigenvalue weighted by molar-refractivity contribution is -0.137. The third-order valence-corrected chi connectivity index (χ3v) is 4.16. The second-order valence-electron chi connectivity index (χ2n) is 7.68. The number of halogens is 3. The molecule has 1 saturated heterocycles. The number of benzene rings is 1. The molecule has 0 spiro atoms. The number of nitrogens with zero attached hydrogens (tertiary/aromatic N) is 1. The minimum absolute atomic E-state index is 0.00565. The molecule has 1 aliphatic heterocycles. The van der Waals surface area contributed by atoms with E-state index < -0.39 is 29.4 Å². The third kappa shape index (κ3) is 6.45. The average Bonchev–Trinajstić information content (AvgIpc) is 2.58. The molecule has 1 aliphatic rings. The SMILES string of the molecule is CC(C)(C)OC(=O)N1CCCC(C(=O)NCc2cccc(C(F)(F)F)c2)C1. The van der Waals surface area contributed by atoms with Crippen molar-refractivity contribution in [2.75, 3.05) is 13.1 Å². The van der Waals surface area contributed by atoms with Crippen molar-refractivity contribution in [3.63, 3.8) is 0 Å². The molecule has 8 heteroatoms. The van der Waals surface area contributed by atoms with Gasteiger partial charge in [0, 0.05) is 19.6 Å². The van der Waals surface area contributed by atoms with Gasteiger partial charge in [-0.05, 0) is 51.3 Å². The highest BCUT2D eigenvalue weighted by molar-refractivity contribution is 5.80. The number of likely N-dealkylation sites (tertiary alicyclic amines) is 1. The number of carbonyl (C=O) groups excluding carboxylic acids is 2. The van der Waals surface area contributed by atoms with Gasteiger partial charge in [-0.2, -0.15) is 13.2 Å². The summed E-state index contributed by atoms with van der Waals surface area (Å²) in [6.07, 6.45) is -3.59. The Bertz CT molecular complexity index is 684. The Morgan fingerprint density at radius 2 is 1.96 bits per heavy atom. The molecule has 2 rings (SSSR count). The van der Waals surface area contributed by atoms with Gasteiger partial charge in [0.2, 0.25) is 5.91 Å². The second-order valence-corrected chi connectivity index (χ2v) is 7.68. The van der Waals surface area contributed by atoms with Gasteiger partial charge in [-0.25, -0.2) is 4.79 Å². The monoisotopic (exact) mass is 386 g/mol. The molecule has 5 nitrogen and oxygen atoms in total. The van der Waals surface area contributed by atoms with Crippen LogP contribution >= 0.6 is 0 Å². The summed E-state index contributed by atoms with van der Waals surface area (Å²) in [5, 5.41) is 2.67. The largest absolute Gasteiger partial charge is 0.444 e. The predicted molar refractivity (Wildman–Crippen MR) is 93.8 cm³/mol. The van der Waals surface area contributed by atoms with Crippen molar-refractivity contribution in [2.45, 2.75) is 51.9 Å².